The number of fused-ring (bicyclic) bond motifs is 1. The third-order valence-electron chi connectivity index (χ3n) is 9.98. The van der Waals surface area contributed by atoms with E-state index in [1.165, 1.54) is 27.5 Å². The Bertz CT molecular complexity index is 1120. The van der Waals surface area contributed by atoms with E-state index < -0.39 is 16.1 Å². The van der Waals surface area contributed by atoms with E-state index in [1.54, 1.807) is 0 Å². The van der Waals surface area contributed by atoms with E-state index in [0.29, 0.717) is 5.04 Å². The lowest BCUT2D eigenvalue weighted by atomic mass is 10.1. The summed E-state index contributed by atoms with van der Waals surface area (Å²) < 4.78 is 0. The van der Waals surface area contributed by atoms with Crippen LogP contribution >= 0.6 is 0 Å². The molecule has 0 aliphatic rings. The van der Waals surface area contributed by atoms with Crippen LogP contribution in [0.3, 0.4) is 0 Å². The lowest BCUT2D eigenvalue weighted by Crippen LogP contribution is -2.40. The van der Waals surface area contributed by atoms with E-state index in [1.807, 2.05) is 6.08 Å². The van der Waals surface area contributed by atoms with Gasteiger partial charge < -0.3 is 0 Å². The highest BCUT2D eigenvalue weighted by molar-refractivity contribution is 6.82. The van der Waals surface area contributed by atoms with Gasteiger partial charge >= 0.3 is 0 Å². The summed E-state index contributed by atoms with van der Waals surface area (Å²) in [5.74, 6) is 0. The van der Waals surface area contributed by atoms with Crippen molar-refractivity contribution in [1.29, 1.82) is 0 Å². The zero-order valence-corrected chi connectivity index (χ0v) is 34.5. The molecule has 250 valence electrons. The molecule has 0 radical (unpaired) electrons. The number of rotatable bonds is 6. The minimum atomic E-state index is -0.981. The van der Waals surface area contributed by atoms with E-state index >= 15 is 0 Å². The van der Waals surface area contributed by atoms with Crippen LogP contribution in [0, 0.1) is 6.92 Å². The predicted molar refractivity (Wildman–Crippen MR) is 214 cm³/mol. The molecule has 0 fully saturated rings. The highest BCUT2D eigenvalue weighted by atomic mass is 28.3. The molecule has 3 aromatic rings. The Morgan fingerprint density at radius 3 is 1.34 bits per heavy atom. The van der Waals surface area contributed by atoms with Crippen LogP contribution in [0.5, 0.6) is 0 Å². The predicted octanol–water partition coefficient (Wildman–Crippen LogP) is 15.0. The van der Waals surface area contributed by atoms with Crippen LogP contribution in [0.1, 0.15) is 106 Å². The summed E-state index contributed by atoms with van der Waals surface area (Å²) in [5.41, 5.74) is 6.95. The zero-order valence-electron chi connectivity index (χ0n) is 32.5. The first-order valence-electron chi connectivity index (χ1n) is 17.4. The number of allylic oxidation sites excluding steroid dienone is 1. The lowest BCUT2D eigenvalue weighted by Gasteiger charge is -2.39. The van der Waals surface area contributed by atoms with Gasteiger partial charge in [0.2, 0.25) is 0 Å². The molecule has 0 unspecified atom stereocenters. The second-order valence-corrected chi connectivity index (χ2v) is 27.6. The van der Waals surface area contributed by atoms with Gasteiger partial charge in [0.25, 0.3) is 0 Å². The average molecular weight is 635 g/mol. The van der Waals surface area contributed by atoms with Gasteiger partial charge in [0.1, 0.15) is 0 Å². The largest absolute Gasteiger partial charge is 0.103 e. The van der Waals surface area contributed by atoms with Gasteiger partial charge in [-0.1, -0.05) is 204 Å². The smallest absolute Gasteiger partial charge is 0.0581 e. The molecule has 0 aliphatic carbocycles. The molecule has 3 rings (SSSR count). The third kappa shape index (κ3) is 17.0. The lowest BCUT2D eigenvalue weighted by molar-refractivity contribution is 0.724. The molecule has 0 saturated carbocycles. The summed E-state index contributed by atoms with van der Waals surface area (Å²) in [6.45, 7) is 43.2. The van der Waals surface area contributed by atoms with Gasteiger partial charge in [0.05, 0.1) is 8.07 Å². The molecular formula is C42H74Si2. The molecule has 0 N–H and O–H groups in total. The first-order valence-corrected chi connectivity index (χ1v) is 23.6. The Morgan fingerprint density at radius 2 is 1.05 bits per heavy atom. The summed E-state index contributed by atoms with van der Waals surface area (Å²) in [6.07, 6.45) is 5.21. The first-order chi connectivity index (χ1) is 20.2. The maximum Gasteiger partial charge on any atom is 0.0581 e. The number of aryl methyl sites for hydroxylation is 3. The van der Waals surface area contributed by atoms with Crippen molar-refractivity contribution in [3.63, 3.8) is 0 Å². The van der Waals surface area contributed by atoms with E-state index in [9.17, 15) is 0 Å². The second kappa shape index (κ2) is 21.8. The minimum absolute atomic E-state index is 0.576. The van der Waals surface area contributed by atoms with Crippen LogP contribution in [-0.2, 0) is 12.8 Å². The quantitative estimate of drug-likeness (QED) is 0.187. The van der Waals surface area contributed by atoms with Crippen LogP contribution in [0.15, 0.2) is 79.4 Å². The summed E-state index contributed by atoms with van der Waals surface area (Å²) in [6, 6.07) is 23.7. The van der Waals surface area contributed by atoms with Crippen molar-refractivity contribution in [2.45, 2.75) is 157 Å². The van der Waals surface area contributed by atoms with Crippen LogP contribution in [0.25, 0.3) is 10.8 Å². The van der Waals surface area contributed by atoms with Crippen molar-refractivity contribution in [2.75, 3.05) is 0 Å². The molecule has 0 atom stereocenters. The Kier molecular flexibility index (Phi) is 21.9. The van der Waals surface area contributed by atoms with Crippen molar-refractivity contribution in [2.24, 2.45) is 0 Å². The molecule has 0 aromatic heterocycles. The fraction of sp³-hybridized carbons (Fsp3) is 0.571. The molecule has 0 bridgehead atoms. The van der Waals surface area contributed by atoms with Gasteiger partial charge in [0, 0.05) is 8.07 Å². The molecule has 0 heterocycles. The van der Waals surface area contributed by atoms with Crippen molar-refractivity contribution in [3.8, 4) is 0 Å². The van der Waals surface area contributed by atoms with Gasteiger partial charge in [-0.05, 0) is 53.1 Å². The van der Waals surface area contributed by atoms with Crippen LogP contribution < -0.4 is 0 Å². The molecule has 3 aromatic carbocycles. The summed E-state index contributed by atoms with van der Waals surface area (Å²) in [4.78, 5) is 0. The van der Waals surface area contributed by atoms with Gasteiger partial charge in [-0.2, -0.15) is 0 Å². The van der Waals surface area contributed by atoms with Gasteiger partial charge in [-0.25, -0.2) is 0 Å². The van der Waals surface area contributed by atoms with Gasteiger partial charge in [-0.15, -0.1) is 6.58 Å². The minimum Gasteiger partial charge on any atom is -0.103 e. The van der Waals surface area contributed by atoms with Crippen molar-refractivity contribution >= 4 is 26.9 Å². The molecule has 2 heteroatoms. The summed E-state index contributed by atoms with van der Waals surface area (Å²) in [5, 5.41) is 3.25. The highest BCUT2D eigenvalue weighted by Gasteiger charge is 2.37. The second-order valence-electron chi connectivity index (χ2n) is 15.4. The SMILES string of the molecule is C=CCC.CC(C)(C)[Si](C)(C)C.CC(C)[Si](C)(C(C)C)C(C)C.CCc1ccc2ccccc2c1.CCc1cccc(C)c1. The average Bonchev–Trinajstić information content (AvgIpc) is 2.96. The summed E-state index contributed by atoms with van der Waals surface area (Å²) >= 11 is 0. The van der Waals surface area contributed by atoms with Crippen LogP contribution in [0.2, 0.25) is 47.8 Å². The van der Waals surface area contributed by atoms with Gasteiger partial charge in [-0.3, -0.25) is 0 Å². The molecule has 0 amide bonds. The van der Waals surface area contributed by atoms with E-state index in [0.717, 1.165) is 35.9 Å². The van der Waals surface area contributed by atoms with Crippen LogP contribution in [-0.4, -0.2) is 16.1 Å². The molecular weight excluding hydrogens is 561 g/mol. The molecule has 0 spiro atoms. The monoisotopic (exact) mass is 635 g/mol. The normalized spacial score (nSPS) is 11.4. The topological polar surface area (TPSA) is 0 Å². The molecule has 44 heavy (non-hydrogen) atoms. The number of hydrogen-bond acceptors (Lipinski definition) is 0. The Balaban J connectivity index is 0. The fourth-order valence-corrected chi connectivity index (χ4v) is 8.39. The summed E-state index contributed by atoms with van der Waals surface area (Å²) in [7, 11) is -1.84. The Morgan fingerprint density at radius 1 is 0.636 bits per heavy atom. The number of benzene rings is 3. The van der Waals surface area contributed by atoms with Gasteiger partial charge in [0.15, 0.2) is 0 Å². The van der Waals surface area contributed by atoms with E-state index in [-0.39, 0.29) is 0 Å². The molecule has 0 saturated heterocycles. The maximum atomic E-state index is 3.48. The third-order valence-corrected chi connectivity index (χ3v) is 21.9. The standard InChI is InChI=1S/C12H12.C10H24Si.C9H12.C7H18Si.C4H8/c1-2-10-7-8-11-5-3-4-6-12(11)9-10;1-8(2)11(7,9(3)4)10(5)6;1-3-9-6-4-5-8(2)7-9;1-7(2,3)8(4,5)6;1-3-4-2/h3-9H,2H2,1H3;8-10H,1-7H3;4-7H,3H2,1-2H3;1-6H3;3H,1,4H2,2H3. The van der Waals surface area contributed by atoms with Crippen molar-refractivity contribution in [1.82, 2.24) is 0 Å². The van der Waals surface area contributed by atoms with Crippen LogP contribution in [0.4, 0.5) is 0 Å². The fourth-order valence-electron chi connectivity index (χ4n) is 4.39. The number of hydrogen-bond donors (Lipinski definition) is 0. The zero-order chi connectivity index (χ0) is 34.7. The van der Waals surface area contributed by atoms with E-state index in [2.05, 4.69) is 190 Å². The first kappa shape index (κ1) is 44.2. The van der Waals surface area contributed by atoms with Crippen molar-refractivity contribution < 1.29 is 0 Å². The molecule has 0 nitrogen and oxygen atoms in total. The highest BCUT2D eigenvalue weighted by Crippen LogP contribution is 2.40. The Hall–Kier alpha value is -1.91. The maximum absolute atomic E-state index is 3.48. The molecule has 0 aliphatic heterocycles. The Labute approximate surface area is 279 Å². The van der Waals surface area contributed by atoms with E-state index in [4.69, 9.17) is 0 Å². The van der Waals surface area contributed by atoms with Crippen molar-refractivity contribution in [3.05, 3.63) is 96.1 Å².